The molecule has 3 amide bonds. The Morgan fingerprint density at radius 2 is 1.82 bits per heavy atom. The zero-order valence-electron chi connectivity index (χ0n) is 22.6. The molecule has 12 heteroatoms. The Kier molecular flexibility index (Phi) is 8.04. The van der Waals surface area contributed by atoms with Crippen molar-refractivity contribution in [1.29, 1.82) is 0 Å². The van der Waals surface area contributed by atoms with Crippen LogP contribution < -0.4 is 11.0 Å². The van der Waals surface area contributed by atoms with E-state index in [0.29, 0.717) is 44.4 Å². The van der Waals surface area contributed by atoms with E-state index < -0.39 is 29.7 Å². The molecule has 2 aliphatic rings. The van der Waals surface area contributed by atoms with Gasteiger partial charge in [0.15, 0.2) is 17.3 Å². The number of imidazole rings is 1. The van der Waals surface area contributed by atoms with Crippen LogP contribution in [0.25, 0.3) is 11.2 Å². The van der Waals surface area contributed by atoms with Crippen LogP contribution in [0, 0.1) is 11.6 Å². The fourth-order valence-electron chi connectivity index (χ4n) is 5.74. The van der Waals surface area contributed by atoms with Crippen molar-refractivity contribution in [3.63, 3.8) is 0 Å². The first-order chi connectivity index (χ1) is 19.2. The lowest BCUT2D eigenvalue weighted by Crippen LogP contribution is -2.51. The Hall–Kier alpha value is -3.96. The summed E-state index contributed by atoms with van der Waals surface area (Å²) in [6.45, 7) is 4.74. The van der Waals surface area contributed by atoms with Crippen LogP contribution in [0.1, 0.15) is 57.1 Å². The Labute approximate surface area is 230 Å². The molecule has 0 spiro atoms. The molecular weight excluding hydrogens is 522 g/mol. The molecule has 10 nitrogen and oxygen atoms in total. The maximum Gasteiger partial charge on any atom is 0.410 e. The molecule has 3 aromatic rings. The third-order valence-electron chi connectivity index (χ3n) is 7.70. The summed E-state index contributed by atoms with van der Waals surface area (Å²) < 4.78 is 35.7. The number of nitrogens with zero attached hydrogens (tertiary/aromatic N) is 4. The van der Waals surface area contributed by atoms with E-state index in [4.69, 9.17) is 4.74 Å². The molecule has 2 aliphatic heterocycles. The average molecular weight is 557 g/mol. The Morgan fingerprint density at radius 3 is 2.58 bits per heavy atom. The molecule has 40 heavy (non-hydrogen) atoms. The fourth-order valence-corrected chi connectivity index (χ4v) is 5.74. The number of rotatable bonds is 4. The van der Waals surface area contributed by atoms with Crippen molar-refractivity contribution in [2.45, 2.75) is 63.6 Å². The van der Waals surface area contributed by atoms with Crippen LogP contribution in [0.15, 0.2) is 41.3 Å². The molecule has 2 aromatic heterocycles. The van der Waals surface area contributed by atoms with Crippen molar-refractivity contribution in [2.75, 3.05) is 26.2 Å². The standard InChI is InChI=1S/C28H34F2N6O4/c1-17(2)40-28(39)35-15-18(21-5-3-6-22(29)24(21)30)8-9-19(16-35)32-26(37)34-13-10-20(11-14-34)36-23-7-4-12-31-25(23)33-27(36)38/h3-7,12,17-20H,8-11,13-16H2,1-2H3,(H,32,37)(H,31,33,38)/t18-,19-/m1/s1. The third kappa shape index (κ3) is 5.80. The minimum atomic E-state index is -0.933. The van der Waals surface area contributed by atoms with Gasteiger partial charge >= 0.3 is 17.8 Å². The summed E-state index contributed by atoms with van der Waals surface area (Å²) >= 11 is 0. The highest BCUT2D eigenvalue weighted by molar-refractivity contribution is 5.75. The zero-order valence-corrected chi connectivity index (χ0v) is 22.6. The molecule has 0 radical (unpaired) electrons. The number of likely N-dealkylation sites (tertiary alicyclic amines) is 2. The van der Waals surface area contributed by atoms with Crippen LogP contribution in [-0.4, -0.2) is 74.8 Å². The first-order valence-corrected chi connectivity index (χ1v) is 13.7. The van der Waals surface area contributed by atoms with Gasteiger partial charge < -0.3 is 19.9 Å². The number of halogens is 2. The highest BCUT2D eigenvalue weighted by atomic mass is 19.2. The molecule has 2 N–H and O–H groups in total. The number of nitrogens with one attached hydrogen (secondary N) is 2. The minimum Gasteiger partial charge on any atom is -0.447 e. The average Bonchev–Trinajstić information content (AvgIpc) is 3.12. The number of H-pyrrole nitrogens is 1. The number of urea groups is 1. The zero-order chi connectivity index (χ0) is 28.4. The first kappa shape index (κ1) is 27.6. The number of hydrogen-bond acceptors (Lipinski definition) is 5. The molecule has 0 bridgehead atoms. The molecule has 0 aliphatic carbocycles. The molecule has 2 fully saturated rings. The summed E-state index contributed by atoms with van der Waals surface area (Å²) in [4.78, 5) is 48.8. The largest absolute Gasteiger partial charge is 0.447 e. The van der Waals surface area contributed by atoms with E-state index in [1.165, 1.54) is 17.0 Å². The Morgan fingerprint density at radius 1 is 1.05 bits per heavy atom. The summed E-state index contributed by atoms with van der Waals surface area (Å²) in [5.74, 6) is -2.30. The maximum atomic E-state index is 14.6. The van der Waals surface area contributed by atoms with Crippen molar-refractivity contribution in [3.05, 3.63) is 64.2 Å². The molecular formula is C28H34F2N6O4. The number of benzene rings is 1. The van der Waals surface area contributed by atoms with Gasteiger partial charge in [0, 0.05) is 50.4 Å². The number of carbonyl (C=O) groups excluding carboxylic acids is 2. The Bertz CT molecular complexity index is 1430. The van der Waals surface area contributed by atoms with Gasteiger partial charge in [-0.1, -0.05) is 12.1 Å². The summed E-state index contributed by atoms with van der Waals surface area (Å²) in [6.07, 6.45) is 2.86. The van der Waals surface area contributed by atoms with Crippen molar-refractivity contribution < 1.29 is 23.1 Å². The van der Waals surface area contributed by atoms with E-state index in [-0.39, 0.29) is 42.5 Å². The number of aromatic nitrogens is 3. The van der Waals surface area contributed by atoms with E-state index in [0.717, 1.165) is 11.6 Å². The molecule has 2 atom stereocenters. The van der Waals surface area contributed by atoms with E-state index >= 15 is 0 Å². The molecule has 4 heterocycles. The van der Waals surface area contributed by atoms with Gasteiger partial charge in [-0.25, -0.2) is 28.1 Å². The number of pyridine rings is 1. The second kappa shape index (κ2) is 11.6. The maximum absolute atomic E-state index is 14.6. The van der Waals surface area contributed by atoms with Gasteiger partial charge in [0.05, 0.1) is 11.6 Å². The summed E-state index contributed by atoms with van der Waals surface area (Å²) in [7, 11) is 0. The van der Waals surface area contributed by atoms with Crippen LogP contribution in [0.5, 0.6) is 0 Å². The molecule has 0 saturated carbocycles. The number of carbonyl (C=O) groups is 2. The van der Waals surface area contributed by atoms with Gasteiger partial charge in [0.25, 0.3) is 0 Å². The SMILES string of the molecule is CC(C)OC(=O)N1C[C@H](NC(=O)N2CCC(n3c(=O)[nH]c4ncccc43)CC2)CC[C@@H](c2cccc(F)c2F)C1. The first-order valence-electron chi connectivity index (χ1n) is 13.7. The smallest absolute Gasteiger partial charge is 0.410 e. The quantitative estimate of drug-likeness (QED) is 0.502. The topological polar surface area (TPSA) is 113 Å². The molecule has 0 unspecified atom stereocenters. The lowest BCUT2D eigenvalue weighted by molar-refractivity contribution is 0.0740. The van der Waals surface area contributed by atoms with Crippen LogP contribution in [0.2, 0.25) is 0 Å². The molecule has 1 aromatic carbocycles. The van der Waals surface area contributed by atoms with Gasteiger partial charge in [0.1, 0.15) is 0 Å². The van der Waals surface area contributed by atoms with Gasteiger partial charge in [-0.3, -0.25) is 9.55 Å². The van der Waals surface area contributed by atoms with E-state index in [1.807, 2.05) is 6.07 Å². The van der Waals surface area contributed by atoms with Crippen molar-refractivity contribution in [3.8, 4) is 0 Å². The van der Waals surface area contributed by atoms with Gasteiger partial charge in [-0.15, -0.1) is 0 Å². The molecule has 214 valence electrons. The molecule has 2 saturated heterocycles. The van der Waals surface area contributed by atoms with Crippen LogP contribution >= 0.6 is 0 Å². The fraction of sp³-hybridized carbons (Fsp3) is 0.500. The number of aromatic amines is 1. The lowest BCUT2D eigenvalue weighted by atomic mass is 9.93. The predicted molar refractivity (Wildman–Crippen MR) is 144 cm³/mol. The highest BCUT2D eigenvalue weighted by Gasteiger charge is 2.33. The number of amides is 3. The number of fused-ring (bicyclic) bond motifs is 1. The monoisotopic (exact) mass is 556 g/mol. The van der Waals surface area contributed by atoms with E-state index in [2.05, 4.69) is 15.3 Å². The van der Waals surface area contributed by atoms with E-state index in [1.54, 1.807) is 35.6 Å². The minimum absolute atomic E-state index is 0.0596. The summed E-state index contributed by atoms with van der Waals surface area (Å²) in [6, 6.07) is 6.98. The van der Waals surface area contributed by atoms with Gasteiger partial charge in [-0.05, 0) is 63.3 Å². The second-order valence-corrected chi connectivity index (χ2v) is 10.8. The predicted octanol–water partition coefficient (Wildman–Crippen LogP) is 4.14. The van der Waals surface area contributed by atoms with Gasteiger partial charge in [-0.2, -0.15) is 0 Å². The number of ether oxygens (including phenoxy) is 1. The van der Waals surface area contributed by atoms with Crippen LogP contribution in [0.4, 0.5) is 18.4 Å². The second-order valence-electron chi connectivity index (χ2n) is 10.8. The highest BCUT2D eigenvalue weighted by Crippen LogP contribution is 2.30. The van der Waals surface area contributed by atoms with Gasteiger partial charge in [0.2, 0.25) is 0 Å². The lowest BCUT2D eigenvalue weighted by Gasteiger charge is -2.34. The van der Waals surface area contributed by atoms with Crippen molar-refractivity contribution >= 4 is 23.3 Å². The summed E-state index contributed by atoms with van der Waals surface area (Å²) in [5.41, 5.74) is 1.27. The third-order valence-corrected chi connectivity index (χ3v) is 7.70. The number of hydrogen-bond donors (Lipinski definition) is 2. The van der Waals surface area contributed by atoms with E-state index in [9.17, 15) is 23.2 Å². The van der Waals surface area contributed by atoms with Crippen LogP contribution in [0.3, 0.4) is 0 Å². The van der Waals surface area contributed by atoms with Crippen LogP contribution in [-0.2, 0) is 4.74 Å². The molecule has 5 rings (SSSR count). The summed E-state index contributed by atoms with van der Waals surface area (Å²) in [5, 5.41) is 3.04. The number of piperidine rings is 1. The van der Waals surface area contributed by atoms with Crippen molar-refractivity contribution in [2.24, 2.45) is 0 Å². The Balaban J connectivity index is 1.25. The normalized spacial score (nSPS) is 20.5. The van der Waals surface area contributed by atoms with Crippen molar-refractivity contribution in [1.82, 2.24) is 29.7 Å².